The first-order valence-corrected chi connectivity index (χ1v) is 3.00. The molecule has 10 heavy (non-hydrogen) atoms. The highest BCUT2D eigenvalue weighted by Crippen LogP contribution is 1.88. The van der Waals surface area contributed by atoms with Crippen LogP contribution in [0.1, 0.15) is 5.89 Å². The molecule has 0 fully saturated rings. The molecule has 0 bridgehead atoms. The predicted molar refractivity (Wildman–Crippen MR) is 36.2 cm³/mol. The predicted octanol–water partition coefficient (Wildman–Crippen LogP) is 0.345. The van der Waals surface area contributed by atoms with E-state index in [1.54, 1.807) is 6.08 Å². The Labute approximate surface area is 59.0 Å². The summed E-state index contributed by atoms with van der Waals surface area (Å²) < 4.78 is 4.86. The van der Waals surface area contributed by atoms with Crippen molar-refractivity contribution in [2.75, 3.05) is 6.54 Å². The molecule has 0 unspecified atom stereocenters. The van der Waals surface area contributed by atoms with Crippen LogP contribution >= 0.6 is 0 Å². The minimum absolute atomic E-state index is 0.599. The minimum Gasteiger partial charge on any atom is -0.427 e. The quantitative estimate of drug-likeness (QED) is 0.483. The van der Waals surface area contributed by atoms with Crippen LogP contribution in [0.25, 0.3) is 0 Å². The van der Waals surface area contributed by atoms with E-state index in [-0.39, 0.29) is 0 Å². The van der Waals surface area contributed by atoms with E-state index in [1.165, 1.54) is 6.39 Å². The molecule has 1 rings (SSSR count). The molecule has 4 heteroatoms. The van der Waals surface area contributed by atoms with Gasteiger partial charge in [-0.15, -0.1) is 16.8 Å². The molecule has 0 aromatic carbocycles. The van der Waals surface area contributed by atoms with Crippen molar-refractivity contribution in [3.05, 3.63) is 24.9 Å². The van der Waals surface area contributed by atoms with Crippen LogP contribution in [0.2, 0.25) is 0 Å². The molecule has 0 spiro atoms. The smallest absolute Gasteiger partial charge is 0.229 e. The maximum atomic E-state index is 4.86. The molecule has 4 nitrogen and oxygen atoms in total. The van der Waals surface area contributed by atoms with Crippen molar-refractivity contribution < 1.29 is 4.42 Å². The number of nitrogens with zero attached hydrogens (tertiary/aromatic N) is 2. The molecular weight excluding hydrogens is 130 g/mol. The van der Waals surface area contributed by atoms with Gasteiger partial charge in [0, 0.05) is 6.54 Å². The lowest BCUT2D eigenvalue weighted by molar-refractivity contribution is 0.474. The lowest BCUT2D eigenvalue weighted by Crippen LogP contribution is -2.12. The fourth-order valence-electron chi connectivity index (χ4n) is 0.554. The van der Waals surface area contributed by atoms with E-state index in [4.69, 9.17) is 4.42 Å². The SMILES string of the molecule is C=CCNCc1nnco1. The highest BCUT2D eigenvalue weighted by molar-refractivity contribution is 4.75. The summed E-state index contributed by atoms with van der Waals surface area (Å²) in [7, 11) is 0. The van der Waals surface area contributed by atoms with Crippen LogP contribution in [-0.2, 0) is 6.54 Å². The molecule has 54 valence electrons. The highest BCUT2D eigenvalue weighted by Gasteiger charge is 1.93. The maximum Gasteiger partial charge on any atom is 0.229 e. The van der Waals surface area contributed by atoms with Crippen LogP contribution in [0, 0.1) is 0 Å². The van der Waals surface area contributed by atoms with Gasteiger partial charge in [0.25, 0.3) is 0 Å². The van der Waals surface area contributed by atoms with Crippen molar-refractivity contribution in [3.8, 4) is 0 Å². The summed E-state index contributed by atoms with van der Waals surface area (Å²) in [6.07, 6.45) is 3.08. The molecule has 0 aliphatic heterocycles. The second kappa shape index (κ2) is 3.79. The zero-order valence-electron chi connectivity index (χ0n) is 5.58. The van der Waals surface area contributed by atoms with Gasteiger partial charge in [-0.2, -0.15) is 0 Å². The van der Waals surface area contributed by atoms with Crippen LogP contribution in [-0.4, -0.2) is 16.7 Å². The third kappa shape index (κ3) is 1.99. The van der Waals surface area contributed by atoms with Crippen molar-refractivity contribution in [2.45, 2.75) is 6.54 Å². The summed E-state index contributed by atoms with van der Waals surface area (Å²) in [5.41, 5.74) is 0. The monoisotopic (exact) mass is 139 g/mol. The fourth-order valence-corrected chi connectivity index (χ4v) is 0.554. The first kappa shape index (κ1) is 6.95. The van der Waals surface area contributed by atoms with Gasteiger partial charge in [0.15, 0.2) is 0 Å². The van der Waals surface area contributed by atoms with Crippen LogP contribution in [0.15, 0.2) is 23.5 Å². The molecule has 0 saturated heterocycles. The Kier molecular flexibility index (Phi) is 2.63. The molecule has 0 saturated carbocycles. The summed E-state index contributed by atoms with van der Waals surface area (Å²) >= 11 is 0. The number of nitrogens with one attached hydrogen (secondary N) is 1. The third-order valence-corrected chi connectivity index (χ3v) is 0.970. The van der Waals surface area contributed by atoms with Gasteiger partial charge in [-0.1, -0.05) is 6.08 Å². The summed E-state index contributed by atoms with van der Waals surface area (Å²) in [5.74, 6) is 0.599. The molecule has 1 N–H and O–H groups in total. The van der Waals surface area contributed by atoms with E-state index in [1.807, 2.05) is 0 Å². The number of hydrogen-bond acceptors (Lipinski definition) is 4. The standard InChI is InChI=1S/C6H9N3O/c1-2-3-7-4-6-9-8-5-10-6/h2,5,7H,1,3-4H2. The first-order valence-electron chi connectivity index (χ1n) is 3.00. The van der Waals surface area contributed by atoms with Gasteiger partial charge in [-0.05, 0) is 0 Å². The summed E-state index contributed by atoms with van der Waals surface area (Å²) in [6.45, 7) is 4.91. The Bertz CT molecular complexity index is 183. The van der Waals surface area contributed by atoms with Gasteiger partial charge in [0.2, 0.25) is 12.3 Å². The first-order chi connectivity index (χ1) is 4.93. The van der Waals surface area contributed by atoms with Crippen LogP contribution < -0.4 is 5.32 Å². The Morgan fingerprint density at radius 1 is 1.80 bits per heavy atom. The van der Waals surface area contributed by atoms with Gasteiger partial charge in [0.1, 0.15) is 0 Å². The molecule has 0 radical (unpaired) electrons. The Hall–Kier alpha value is -1.16. The van der Waals surface area contributed by atoms with Gasteiger partial charge < -0.3 is 9.73 Å². The summed E-state index contributed by atoms with van der Waals surface area (Å²) in [5, 5.41) is 10.2. The van der Waals surface area contributed by atoms with Crippen molar-refractivity contribution in [3.63, 3.8) is 0 Å². The van der Waals surface area contributed by atoms with Crippen molar-refractivity contribution in [1.29, 1.82) is 0 Å². The van der Waals surface area contributed by atoms with Crippen molar-refractivity contribution in [1.82, 2.24) is 15.5 Å². The summed E-state index contributed by atoms with van der Waals surface area (Å²) in [6, 6.07) is 0. The zero-order chi connectivity index (χ0) is 7.23. The van der Waals surface area contributed by atoms with Gasteiger partial charge in [-0.25, -0.2) is 0 Å². The Morgan fingerprint density at radius 2 is 2.70 bits per heavy atom. The summed E-state index contributed by atoms with van der Waals surface area (Å²) in [4.78, 5) is 0. The Balaban J connectivity index is 2.21. The topological polar surface area (TPSA) is 51.0 Å². The minimum atomic E-state index is 0.599. The molecule has 0 amide bonds. The lowest BCUT2D eigenvalue weighted by atomic mass is 10.5. The van der Waals surface area contributed by atoms with E-state index in [0.717, 1.165) is 6.54 Å². The number of aromatic nitrogens is 2. The van der Waals surface area contributed by atoms with Crippen molar-refractivity contribution >= 4 is 0 Å². The average Bonchev–Trinajstić information content (AvgIpc) is 2.41. The lowest BCUT2D eigenvalue weighted by Gasteiger charge is -1.93. The van der Waals surface area contributed by atoms with Crippen molar-refractivity contribution in [2.24, 2.45) is 0 Å². The molecule has 1 heterocycles. The average molecular weight is 139 g/mol. The molecule has 0 aliphatic rings. The molecule has 1 aromatic heterocycles. The second-order valence-electron chi connectivity index (χ2n) is 1.75. The van der Waals surface area contributed by atoms with Crippen LogP contribution in [0.5, 0.6) is 0 Å². The van der Waals surface area contributed by atoms with Crippen LogP contribution in [0.3, 0.4) is 0 Å². The van der Waals surface area contributed by atoms with E-state index in [0.29, 0.717) is 12.4 Å². The normalized spacial score (nSPS) is 9.60. The van der Waals surface area contributed by atoms with E-state index in [2.05, 4.69) is 22.1 Å². The maximum absolute atomic E-state index is 4.86. The van der Waals surface area contributed by atoms with E-state index >= 15 is 0 Å². The third-order valence-electron chi connectivity index (χ3n) is 0.970. The van der Waals surface area contributed by atoms with E-state index in [9.17, 15) is 0 Å². The highest BCUT2D eigenvalue weighted by atomic mass is 16.4. The Morgan fingerprint density at radius 3 is 3.30 bits per heavy atom. The number of rotatable bonds is 4. The molecule has 0 atom stereocenters. The van der Waals surface area contributed by atoms with Crippen LogP contribution in [0.4, 0.5) is 0 Å². The molecule has 1 aromatic rings. The van der Waals surface area contributed by atoms with Gasteiger partial charge in [0.05, 0.1) is 6.54 Å². The largest absolute Gasteiger partial charge is 0.427 e. The number of hydrogen-bond donors (Lipinski definition) is 1. The zero-order valence-corrected chi connectivity index (χ0v) is 5.58. The molecule has 0 aliphatic carbocycles. The van der Waals surface area contributed by atoms with E-state index < -0.39 is 0 Å². The van der Waals surface area contributed by atoms with Gasteiger partial charge >= 0.3 is 0 Å². The fraction of sp³-hybridized carbons (Fsp3) is 0.333. The van der Waals surface area contributed by atoms with Gasteiger partial charge in [-0.3, -0.25) is 0 Å². The molecular formula is C6H9N3O. The second-order valence-corrected chi connectivity index (χ2v) is 1.75.